The Morgan fingerprint density at radius 1 is 0.870 bits per heavy atom. The summed E-state index contributed by atoms with van der Waals surface area (Å²) in [5.41, 5.74) is 3.85. The van der Waals surface area contributed by atoms with Crippen molar-refractivity contribution in [2.75, 3.05) is 19.8 Å². The second-order valence-electron chi connectivity index (χ2n) is 16.5. The van der Waals surface area contributed by atoms with E-state index in [1.54, 1.807) is 0 Å². The van der Waals surface area contributed by atoms with Gasteiger partial charge in [0, 0.05) is 6.54 Å². The summed E-state index contributed by atoms with van der Waals surface area (Å²) in [6, 6.07) is -4.14. The number of urea groups is 1. The maximum Gasteiger partial charge on any atom is 0.508 e. The molecule has 1 unspecified atom stereocenters. The van der Waals surface area contributed by atoms with Gasteiger partial charge in [0.2, 0.25) is 17.6 Å². The first-order chi connectivity index (χ1) is 21.2. The number of rotatable bonds is 13. The van der Waals surface area contributed by atoms with Gasteiger partial charge in [0.05, 0.1) is 18.7 Å². The van der Waals surface area contributed by atoms with Crippen molar-refractivity contribution in [1.29, 1.82) is 0 Å². The summed E-state index contributed by atoms with van der Waals surface area (Å²) in [7, 11) is 0. The van der Waals surface area contributed by atoms with Crippen molar-refractivity contribution in [1.82, 2.24) is 20.9 Å². The van der Waals surface area contributed by atoms with E-state index in [9.17, 15) is 28.8 Å². The highest BCUT2D eigenvalue weighted by Crippen LogP contribution is 2.65. The van der Waals surface area contributed by atoms with Gasteiger partial charge in [0.15, 0.2) is 0 Å². The van der Waals surface area contributed by atoms with Crippen molar-refractivity contribution >= 4 is 35.7 Å². The first kappa shape index (κ1) is 35.5. The minimum atomic E-state index is -1.10. The number of carbonyl (C=O) groups is 6. The van der Waals surface area contributed by atoms with Gasteiger partial charge >= 0.3 is 12.2 Å². The quantitative estimate of drug-likeness (QED) is 0.173. The molecule has 13 heteroatoms. The number of nitrogens with one attached hydrogen (secondary N) is 3. The van der Waals surface area contributed by atoms with E-state index in [1.165, 1.54) is 4.90 Å². The molecule has 0 aromatic rings. The smallest absolute Gasteiger partial charge is 0.434 e. The number of hydrogen-bond acceptors (Lipinski definition) is 8. The number of likely N-dealkylation sites (tertiary alicyclic amines) is 1. The molecule has 5 N–H and O–H groups in total. The van der Waals surface area contributed by atoms with Crippen molar-refractivity contribution in [2.45, 2.75) is 112 Å². The van der Waals surface area contributed by atoms with Gasteiger partial charge in [-0.15, -0.1) is 0 Å². The van der Waals surface area contributed by atoms with Gasteiger partial charge in [-0.05, 0) is 59.2 Å². The number of fused-ring (bicyclic) bond motifs is 1. The lowest BCUT2D eigenvalue weighted by Crippen LogP contribution is -2.62. The van der Waals surface area contributed by atoms with Crippen molar-refractivity contribution in [3.63, 3.8) is 0 Å². The highest BCUT2D eigenvalue weighted by atomic mass is 16.7. The molecule has 0 bridgehead atoms. The van der Waals surface area contributed by atoms with Crippen molar-refractivity contribution < 1.29 is 38.2 Å². The third kappa shape index (κ3) is 8.50. The first-order valence-corrected chi connectivity index (χ1v) is 16.5. The molecule has 0 radical (unpaired) electrons. The van der Waals surface area contributed by atoms with Gasteiger partial charge < -0.3 is 36.1 Å². The summed E-state index contributed by atoms with van der Waals surface area (Å²) in [5, 5.41) is 8.45. The molecular weight excluding hydrogens is 594 g/mol. The molecule has 1 saturated heterocycles. The number of primary amides is 1. The van der Waals surface area contributed by atoms with Crippen LogP contribution in [0.3, 0.4) is 0 Å². The predicted molar refractivity (Wildman–Crippen MR) is 168 cm³/mol. The molecule has 0 spiro atoms. The van der Waals surface area contributed by atoms with Crippen LogP contribution >= 0.6 is 0 Å². The average Bonchev–Trinajstić information content (AvgIpc) is 3.89. The second-order valence-corrected chi connectivity index (χ2v) is 16.5. The molecule has 46 heavy (non-hydrogen) atoms. The minimum absolute atomic E-state index is 0.0671. The van der Waals surface area contributed by atoms with Gasteiger partial charge in [0.25, 0.3) is 5.91 Å². The Hall–Kier alpha value is -3.38. The van der Waals surface area contributed by atoms with Gasteiger partial charge in [0.1, 0.15) is 18.7 Å². The number of nitrogens with two attached hydrogens (primary N) is 1. The lowest BCUT2D eigenvalue weighted by atomic mass is 9.85. The lowest BCUT2D eigenvalue weighted by molar-refractivity contribution is -0.145. The summed E-state index contributed by atoms with van der Waals surface area (Å²) >= 11 is 0. The Labute approximate surface area is 271 Å². The molecule has 4 aliphatic rings. The van der Waals surface area contributed by atoms with Crippen molar-refractivity contribution in [3.8, 4) is 0 Å². The molecule has 3 aliphatic carbocycles. The number of Topliss-reactive ketones (excluding diaryl/α,β-unsaturated/α-hetero) is 1. The number of amides is 5. The molecular formula is C33H53N5O8. The zero-order valence-corrected chi connectivity index (χ0v) is 28.6. The average molecular weight is 648 g/mol. The van der Waals surface area contributed by atoms with Crippen molar-refractivity contribution in [3.05, 3.63) is 0 Å². The fourth-order valence-electron chi connectivity index (χ4n) is 6.48. The van der Waals surface area contributed by atoms with Crippen LogP contribution in [0, 0.1) is 39.9 Å². The minimum Gasteiger partial charge on any atom is -0.434 e. The largest absolute Gasteiger partial charge is 0.508 e. The molecule has 5 amide bonds. The SMILES string of the molecule is CC(C)(C)[C@H](NC(=O)N[C@H](COC(=O)OCC1CC1)C(C)(C)C)C(=O)N1C[C@H]2[C@@H]([C@H]1C(=O)NC(CC1CC1)C(=O)C(N)=O)C2(C)C. The van der Waals surface area contributed by atoms with E-state index in [0.29, 0.717) is 25.5 Å². The van der Waals surface area contributed by atoms with Gasteiger partial charge in [-0.1, -0.05) is 68.2 Å². The van der Waals surface area contributed by atoms with E-state index >= 15 is 0 Å². The zero-order valence-electron chi connectivity index (χ0n) is 28.6. The van der Waals surface area contributed by atoms with Gasteiger partial charge in [-0.3, -0.25) is 19.2 Å². The lowest BCUT2D eigenvalue weighted by Gasteiger charge is -2.38. The second kappa shape index (κ2) is 13.0. The molecule has 258 valence electrons. The Kier molecular flexibility index (Phi) is 10.0. The number of ketones is 1. The van der Waals surface area contributed by atoms with Crippen LogP contribution < -0.4 is 21.7 Å². The molecule has 1 heterocycles. The summed E-state index contributed by atoms with van der Waals surface area (Å²) in [6.07, 6.45) is 3.43. The van der Waals surface area contributed by atoms with E-state index in [-0.39, 0.29) is 29.8 Å². The third-order valence-electron chi connectivity index (χ3n) is 10.1. The molecule has 4 fully saturated rings. The molecule has 1 aliphatic heterocycles. The number of carbonyl (C=O) groups excluding carboxylic acids is 6. The van der Waals surface area contributed by atoms with E-state index in [1.807, 2.05) is 55.4 Å². The van der Waals surface area contributed by atoms with Crippen LogP contribution in [0.25, 0.3) is 0 Å². The maximum atomic E-state index is 14.2. The standard InChI is InChI=1S/C33H53N5O8/c1-31(2,3)21(16-46-30(44)45-15-18-11-12-18)36-29(43)37-25(32(4,5)6)28(42)38-14-19-22(33(19,7)8)23(38)27(41)35-20(13-17-9-10-17)24(39)26(34)40/h17-23,25H,9-16H2,1-8H3,(H2,34,40)(H,35,41)(H2,36,37,43)/t19-,20?,21+,22-,23-,25+/m0/s1. The Morgan fingerprint density at radius 2 is 1.48 bits per heavy atom. The molecule has 0 aromatic carbocycles. The van der Waals surface area contributed by atoms with Crippen LogP contribution in [0.4, 0.5) is 9.59 Å². The van der Waals surface area contributed by atoms with Gasteiger partial charge in [-0.2, -0.15) is 0 Å². The zero-order chi connectivity index (χ0) is 34.4. The number of piperidine rings is 1. The number of hydrogen-bond donors (Lipinski definition) is 4. The van der Waals surface area contributed by atoms with Crippen LogP contribution in [0.1, 0.15) is 87.5 Å². The van der Waals surface area contributed by atoms with Crippen LogP contribution in [-0.2, 0) is 28.7 Å². The number of ether oxygens (including phenoxy) is 2. The molecule has 3 saturated carbocycles. The van der Waals surface area contributed by atoms with Crippen molar-refractivity contribution in [2.24, 2.45) is 45.7 Å². The molecule has 6 atom stereocenters. The summed E-state index contributed by atoms with van der Waals surface area (Å²) < 4.78 is 10.4. The van der Waals surface area contributed by atoms with Crippen LogP contribution in [0.15, 0.2) is 0 Å². The van der Waals surface area contributed by atoms with E-state index in [2.05, 4.69) is 16.0 Å². The fraction of sp³-hybridized carbons (Fsp3) is 0.818. The van der Waals surface area contributed by atoms with Crippen LogP contribution in [0.5, 0.6) is 0 Å². The molecule has 13 nitrogen and oxygen atoms in total. The molecule has 0 aromatic heterocycles. The normalized spacial score (nSPS) is 25.3. The third-order valence-corrected chi connectivity index (χ3v) is 10.1. The number of nitrogens with zero attached hydrogens (tertiary/aromatic N) is 1. The Balaban J connectivity index is 1.46. The summed E-state index contributed by atoms with van der Waals surface area (Å²) in [5.74, 6) is -2.31. The highest BCUT2D eigenvalue weighted by Gasteiger charge is 2.70. The van der Waals surface area contributed by atoms with Crippen LogP contribution in [0.2, 0.25) is 0 Å². The predicted octanol–water partition coefficient (Wildman–Crippen LogP) is 2.50. The van der Waals surface area contributed by atoms with E-state index < -0.39 is 70.7 Å². The highest BCUT2D eigenvalue weighted by molar-refractivity contribution is 6.37. The molecule has 4 rings (SSSR count). The van der Waals surface area contributed by atoms with Crippen LogP contribution in [-0.4, -0.2) is 84.5 Å². The summed E-state index contributed by atoms with van der Waals surface area (Å²) in [4.78, 5) is 79.4. The van der Waals surface area contributed by atoms with Gasteiger partial charge in [-0.25, -0.2) is 9.59 Å². The maximum absolute atomic E-state index is 14.2. The Morgan fingerprint density at radius 3 is 2.00 bits per heavy atom. The van der Waals surface area contributed by atoms with E-state index in [0.717, 1.165) is 25.7 Å². The van der Waals surface area contributed by atoms with E-state index in [4.69, 9.17) is 15.2 Å². The summed E-state index contributed by atoms with van der Waals surface area (Å²) in [6.45, 7) is 15.8. The fourth-order valence-corrected chi connectivity index (χ4v) is 6.48. The monoisotopic (exact) mass is 647 g/mol. The first-order valence-electron chi connectivity index (χ1n) is 16.5. The Bertz CT molecular complexity index is 1230. The topological polar surface area (TPSA) is 186 Å².